The van der Waals surface area contributed by atoms with Crippen molar-refractivity contribution in [1.82, 2.24) is 0 Å². The fraction of sp³-hybridized carbons (Fsp3) is 0.191. The van der Waals surface area contributed by atoms with Crippen molar-refractivity contribution >= 4 is 40.7 Å². The number of rotatable bonds is 12. The number of anilines is 1. The lowest BCUT2D eigenvalue weighted by Gasteiger charge is -2.30. The van der Waals surface area contributed by atoms with E-state index < -0.39 is 17.9 Å². The number of benzene rings is 5. The molecule has 0 saturated heterocycles. The summed E-state index contributed by atoms with van der Waals surface area (Å²) in [4.78, 5) is 55.4. The van der Waals surface area contributed by atoms with Crippen LogP contribution in [-0.2, 0) is 31.9 Å². The molecule has 56 heavy (non-hydrogen) atoms. The van der Waals surface area contributed by atoms with Gasteiger partial charge in [-0.25, -0.2) is 9.59 Å². The Morgan fingerprint density at radius 1 is 0.589 bits per heavy atom. The van der Waals surface area contributed by atoms with Crippen LogP contribution in [0.2, 0.25) is 0 Å². The number of hydrogen-bond donors (Lipinski definition) is 2. The number of aliphatic hydroxyl groups excluding tert-OH is 2. The Bertz CT molecular complexity index is 2230. The number of aliphatic hydroxyl groups is 2. The van der Waals surface area contributed by atoms with Crippen LogP contribution in [0.25, 0.3) is 11.5 Å². The van der Waals surface area contributed by atoms with Gasteiger partial charge in [0.15, 0.2) is 11.6 Å². The monoisotopic (exact) mass is 747 g/mol. The van der Waals surface area contributed by atoms with Crippen LogP contribution in [0.15, 0.2) is 132 Å². The molecule has 9 heteroatoms. The third-order valence-electron chi connectivity index (χ3n) is 10.3. The van der Waals surface area contributed by atoms with Crippen molar-refractivity contribution in [2.45, 2.75) is 32.6 Å². The Morgan fingerprint density at radius 2 is 1.00 bits per heavy atom. The molecular weight excluding hydrogens is 707 g/mol. The van der Waals surface area contributed by atoms with E-state index in [9.17, 15) is 29.4 Å². The van der Waals surface area contributed by atoms with Crippen molar-refractivity contribution in [3.8, 4) is 0 Å². The predicted molar refractivity (Wildman–Crippen MR) is 214 cm³/mol. The van der Waals surface area contributed by atoms with Crippen LogP contribution >= 0.6 is 0 Å². The number of esters is 2. The molecule has 0 atom stereocenters. The van der Waals surface area contributed by atoms with Crippen LogP contribution in [0.1, 0.15) is 65.6 Å². The molecule has 0 fully saturated rings. The summed E-state index contributed by atoms with van der Waals surface area (Å²) in [5.41, 5.74) is 6.51. The molecule has 0 saturated carbocycles. The van der Waals surface area contributed by atoms with Gasteiger partial charge in [-0.05, 0) is 66.9 Å². The Morgan fingerprint density at radius 3 is 1.43 bits per heavy atom. The van der Waals surface area contributed by atoms with Crippen LogP contribution in [-0.4, -0.2) is 60.0 Å². The van der Waals surface area contributed by atoms with E-state index in [1.165, 1.54) is 0 Å². The third kappa shape index (κ3) is 7.88. The number of ketones is 2. The summed E-state index contributed by atoms with van der Waals surface area (Å²) in [6.45, 7) is 4.45. The normalized spacial score (nSPS) is 13.7. The highest BCUT2D eigenvalue weighted by Gasteiger charge is 2.40. The molecule has 282 valence electrons. The van der Waals surface area contributed by atoms with Crippen molar-refractivity contribution in [3.63, 3.8) is 0 Å². The molecule has 0 aliphatic heterocycles. The SMILES string of the molecule is Cc1ccc(C(=O)OCCN(CCOC(=O)c2ccc(C)cc2)c2ccc(C(C3=C(O)c4ccccc4CC3=O)C3=C(O)c4ccccc4CC3=O)cc2)cc1. The molecule has 2 aliphatic rings. The Balaban J connectivity index is 1.21. The second-order valence-corrected chi connectivity index (χ2v) is 14.1. The average molecular weight is 748 g/mol. The first-order chi connectivity index (χ1) is 27.1. The largest absolute Gasteiger partial charge is 0.507 e. The first-order valence-corrected chi connectivity index (χ1v) is 18.5. The van der Waals surface area contributed by atoms with Crippen LogP contribution in [0.3, 0.4) is 0 Å². The van der Waals surface area contributed by atoms with Crippen molar-refractivity contribution in [1.29, 1.82) is 0 Å². The van der Waals surface area contributed by atoms with Gasteiger partial charge in [0, 0.05) is 35.6 Å². The van der Waals surface area contributed by atoms with E-state index in [4.69, 9.17) is 9.47 Å². The molecule has 0 heterocycles. The molecule has 0 aromatic heterocycles. The topological polar surface area (TPSA) is 130 Å². The Kier molecular flexibility index (Phi) is 11.0. The van der Waals surface area contributed by atoms with E-state index in [0.717, 1.165) is 11.1 Å². The summed E-state index contributed by atoms with van der Waals surface area (Å²) in [5, 5.41) is 23.4. The number of Topliss-reactive ketones (excluding diaryl/α,β-unsaturated/α-hetero) is 2. The van der Waals surface area contributed by atoms with Gasteiger partial charge >= 0.3 is 11.9 Å². The maximum Gasteiger partial charge on any atom is 0.338 e. The lowest BCUT2D eigenvalue weighted by Crippen LogP contribution is -2.32. The van der Waals surface area contributed by atoms with Crippen LogP contribution in [0, 0.1) is 13.8 Å². The number of aryl methyl sites for hydroxylation is 2. The summed E-state index contributed by atoms with van der Waals surface area (Å²) >= 11 is 0. The summed E-state index contributed by atoms with van der Waals surface area (Å²) in [7, 11) is 0. The number of fused-ring (bicyclic) bond motifs is 2. The van der Waals surface area contributed by atoms with Gasteiger partial charge in [-0.15, -0.1) is 0 Å². The molecule has 7 rings (SSSR count). The second kappa shape index (κ2) is 16.3. The molecule has 5 aromatic rings. The molecule has 2 N–H and O–H groups in total. The summed E-state index contributed by atoms with van der Waals surface area (Å²) in [6.07, 6.45) is 0.0543. The van der Waals surface area contributed by atoms with Crippen molar-refractivity contribution < 1.29 is 38.9 Å². The standard InChI is InChI=1S/C47H41NO8/c1-29-11-15-32(16-12-29)46(53)55-25-23-48(24-26-56-47(54)33-17-13-30(2)14-18-33)36-21-19-31(20-22-36)41(42-39(49)27-34-7-3-5-9-37(34)44(42)51)43-40(50)28-35-8-4-6-10-38(35)45(43)52/h3-22,41,51-52H,23-28H2,1-2H3. The van der Waals surface area contributed by atoms with Crippen LogP contribution < -0.4 is 4.90 Å². The molecule has 0 spiro atoms. The number of carbonyl (C=O) groups is 4. The number of carbonyl (C=O) groups excluding carboxylic acids is 4. The van der Waals surface area contributed by atoms with Gasteiger partial charge in [-0.3, -0.25) is 9.59 Å². The Labute approximate surface area is 325 Å². The zero-order chi connectivity index (χ0) is 39.3. The predicted octanol–water partition coefficient (Wildman–Crippen LogP) is 8.10. The van der Waals surface area contributed by atoms with E-state index >= 15 is 0 Å². The molecule has 2 aliphatic carbocycles. The Hall–Kier alpha value is -6.74. The molecule has 5 aromatic carbocycles. The lowest BCUT2D eigenvalue weighted by molar-refractivity contribution is -0.115. The second-order valence-electron chi connectivity index (χ2n) is 14.1. The molecule has 0 bridgehead atoms. The van der Waals surface area contributed by atoms with E-state index in [0.29, 0.717) is 44.6 Å². The summed E-state index contributed by atoms with van der Waals surface area (Å²) in [6, 6.07) is 35.5. The zero-order valence-corrected chi connectivity index (χ0v) is 31.2. The number of nitrogens with zero attached hydrogens (tertiary/aromatic N) is 1. The fourth-order valence-electron chi connectivity index (χ4n) is 7.27. The third-order valence-corrected chi connectivity index (χ3v) is 10.3. The number of allylic oxidation sites excluding steroid dienone is 2. The van der Waals surface area contributed by atoms with Crippen LogP contribution in [0.5, 0.6) is 0 Å². The first-order valence-electron chi connectivity index (χ1n) is 18.5. The van der Waals surface area contributed by atoms with Gasteiger partial charge in [0.05, 0.1) is 35.4 Å². The molecular formula is C47H41NO8. The van der Waals surface area contributed by atoms with Gasteiger partial charge in [-0.1, -0.05) is 96.1 Å². The number of hydrogen-bond acceptors (Lipinski definition) is 9. The van der Waals surface area contributed by atoms with Gasteiger partial charge in [0.2, 0.25) is 0 Å². The summed E-state index contributed by atoms with van der Waals surface area (Å²) < 4.78 is 11.2. The minimum Gasteiger partial charge on any atom is -0.507 e. The quantitative estimate of drug-likeness (QED) is 0.122. The average Bonchev–Trinajstić information content (AvgIpc) is 3.20. The maximum absolute atomic E-state index is 13.9. The van der Waals surface area contributed by atoms with Gasteiger partial charge in [-0.2, -0.15) is 0 Å². The van der Waals surface area contributed by atoms with Gasteiger partial charge < -0.3 is 24.6 Å². The van der Waals surface area contributed by atoms with E-state index in [1.54, 1.807) is 97.1 Å². The zero-order valence-electron chi connectivity index (χ0n) is 31.2. The highest BCUT2D eigenvalue weighted by molar-refractivity contribution is 6.13. The summed E-state index contributed by atoms with van der Waals surface area (Å²) in [5.74, 6) is -3.18. The highest BCUT2D eigenvalue weighted by atomic mass is 16.5. The van der Waals surface area contributed by atoms with Crippen molar-refractivity contribution in [3.05, 3.63) is 183 Å². The van der Waals surface area contributed by atoms with E-state index in [-0.39, 0.29) is 73.4 Å². The fourth-order valence-corrected chi connectivity index (χ4v) is 7.27. The lowest BCUT2D eigenvalue weighted by atomic mass is 9.72. The van der Waals surface area contributed by atoms with E-state index in [2.05, 4.69) is 0 Å². The highest BCUT2D eigenvalue weighted by Crippen LogP contribution is 2.45. The van der Waals surface area contributed by atoms with Crippen molar-refractivity contribution in [2.24, 2.45) is 0 Å². The molecule has 0 unspecified atom stereocenters. The molecule has 0 amide bonds. The van der Waals surface area contributed by atoms with Gasteiger partial charge in [0.25, 0.3) is 0 Å². The first kappa shape index (κ1) is 37.6. The molecule has 9 nitrogen and oxygen atoms in total. The minimum atomic E-state index is -1.08. The van der Waals surface area contributed by atoms with Gasteiger partial charge in [0.1, 0.15) is 24.7 Å². The number of ether oxygens (including phenoxy) is 2. The smallest absolute Gasteiger partial charge is 0.338 e. The van der Waals surface area contributed by atoms with E-state index in [1.807, 2.05) is 43.0 Å². The van der Waals surface area contributed by atoms with Crippen molar-refractivity contribution in [2.75, 3.05) is 31.2 Å². The maximum atomic E-state index is 13.9. The van der Waals surface area contributed by atoms with Crippen LogP contribution in [0.4, 0.5) is 5.69 Å². The minimum absolute atomic E-state index is 0.0271. The molecule has 0 radical (unpaired) electrons.